The maximum Gasteiger partial charge on any atom is 0.129 e. The second kappa shape index (κ2) is 7.16. The first-order chi connectivity index (χ1) is 12.4. The number of rotatable bonds is 4. The molecular formula is C23H27N2P. The molecule has 2 unspecified atom stereocenters. The Hall–Kier alpha value is -2.27. The largest absolute Gasteiger partial charge is 0.347 e. The minimum absolute atomic E-state index is 0.0117. The zero-order chi connectivity index (χ0) is 18.8. The molecular weight excluding hydrogens is 335 g/mol. The highest BCUT2D eigenvalue weighted by Crippen LogP contribution is 2.46. The fourth-order valence-corrected chi connectivity index (χ4v) is 4.14. The quantitative estimate of drug-likeness (QED) is 0.537. The van der Waals surface area contributed by atoms with Crippen molar-refractivity contribution in [2.75, 3.05) is 0 Å². The van der Waals surface area contributed by atoms with Crippen LogP contribution >= 0.6 is 9.24 Å². The molecule has 3 rings (SSSR count). The Morgan fingerprint density at radius 3 is 1.77 bits per heavy atom. The summed E-state index contributed by atoms with van der Waals surface area (Å²) in [6.45, 7) is 10.5. The summed E-state index contributed by atoms with van der Waals surface area (Å²) in [4.78, 5) is 4.71. The van der Waals surface area contributed by atoms with Crippen LogP contribution in [0.2, 0.25) is 0 Å². The van der Waals surface area contributed by atoms with Gasteiger partial charge in [-0.15, -0.1) is 5.73 Å². The van der Waals surface area contributed by atoms with Crippen LogP contribution in [-0.4, -0.2) is 21.5 Å². The molecule has 0 N–H and O–H groups in total. The summed E-state index contributed by atoms with van der Waals surface area (Å²) in [5.41, 5.74) is 5.44. The van der Waals surface area contributed by atoms with Gasteiger partial charge in [-0.1, -0.05) is 76.5 Å². The van der Waals surface area contributed by atoms with Gasteiger partial charge in [0.15, 0.2) is 0 Å². The molecule has 1 aliphatic rings. The Labute approximate surface area is 159 Å². The topological polar surface area (TPSA) is 6.48 Å². The predicted octanol–water partition coefficient (Wildman–Crippen LogP) is 5.32. The fraction of sp³-hybridized carbons (Fsp3) is 0.261. The molecule has 0 fully saturated rings. The molecule has 2 aromatic rings. The lowest BCUT2D eigenvalue weighted by Gasteiger charge is -2.47. The van der Waals surface area contributed by atoms with E-state index in [2.05, 4.69) is 125 Å². The van der Waals surface area contributed by atoms with E-state index in [9.17, 15) is 0 Å². The molecule has 0 amide bonds. The van der Waals surface area contributed by atoms with Gasteiger partial charge in [-0.3, -0.25) is 0 Å². The summed E-state index contributed by atoms with van der Waals surface area (Å²) in [6, 6.07) is 21.2. The van der Waals surface area contributed by atoms with Gasteiger partial charge in [0.05, 0.1) is 0 Å². The van der Waals surface area contributed by atoms with Crippen LogP contribution in [0.25, 0.3) is 0 Å². The second-order valence-electron chi connectivity index (χ2n) is 7.57. The molecule has 2 atom stereocenters. The van der Waals surface area contributed by atoms with Crippen LogP contribution in [0, 0.1) is 0 Å². The second-order valence-corrected chi connectivity index (χ2v) is 8.40. The van der Waals surface area contributed by atoms with Gasteiger partial charge >= 0.3 is 0 Å². The maximum absolute atomic E-state index is 3.83. The number of hydrogen-bond donors (Lipinski definition) is 0. The normalized spacial score (nSPS) is 17.3. The average Bonchev–Trinajstić information content (AvgIpc) is 3.07. The fourth-order valence-electron chi connectivity index (χ4n) is 3.52. The van der Waals surface area contributed by atoms with Gasteiger partial charge in [-0.2, -0.15) is 0 Å². The SMILES string of the molecule is C=C=CC1N(C(C)(C)C)C=CN1C(P)(c1ccccc1)c1ccccc1. The summed E-state index contributed by atoms with van der Waals surface area (Å²) in [6.07, 6.45) is 6.42. The van der Waals surface area contributed by atoms with Gasteiger partial charge in [0.25, 0.3) is 0 Å². The van der Waals surface area contributed by atoms with Crippen molar-refractivity contribution in [2.45, 2.75) is 37.8 Å². The summed E-state index contributed by atoms with van der Waals surface area (Å²) < 4.78 is 0. The minimum Gasteiger partial charge on any atom is -0.347 e. The molecule has 134 valence electrons. The molecule has 2 nitrogen and oxygen atoms in total. The molecule has 0 saturated carbocycles. The molecule has 26 heavy (non-hydrogen) atoms. The third-order valence-electron chi connectivity index (χ3n) is 4.83. The number of hydrogen-bond acceptors (Lipinski definition) is 2. The highest BCUT2D eigenvalue weighted by Gasteiger charge is 2.43. The zero-order valence-corrected chi connectivity index (χ0v) is 16.9. The Morgan fingerprint density at radius 1 is 0.885 bits per heavy atom. The van der Waals surface area contributed by atoms with E-state index in [-0.39, 0.29) is 11.7 Å². The van der Waals surface area contributed by atoms with Crippen LogP contribution in [0.15, 0.2) is 91.4 Å². The molecule has 0 bridgehead atoms. The summed E-state index contributed by atoms with van der Waals surface area (Å²) in [7, 11) is 3.10. The van der Waals surface area contributed by atoms with Gasteiger partial charge < -0.3 is 9.80 Å². The van der Waals surface area contributed by atoms with Gasteiger partial charge in [-0.25, -0.2) is 0 Å². The smallest absolute Gasteiger partial charge is 0.129 e. The van der Waals surface area contributed by atoms with Gasteiger partial charge in [-0.05, 0) is 38.0 Å². The monoisotopic (exact) mass is 362 g/mol. The van der Waals surface area contributed by atoms with Crippen molar-refractivity contribution >= 4 is 9.24 Å². The van der Waals surface area contributed by atoms with Crippen LogP contribution in [0.1, 0.15) is 31.9 Å². The summed E-state index contributed by atoms with van der Waals surface area (Å²) in [5, 5.41) is -0.392. The van der Waals surface area contributed by atoms with Crippen LogP contribution in [0.3, 0.4) is 0 Å². The first kappa shape index (κ1) is 18.5. The van der Waals surface area contributed by atoms with Crippen LogP contribution in [0.4, 0.5) is 0 Å². The average molecular weight is 362 g/mol. The summed E-state index contributed by atoms with van der Waals surface area (Å²) >= 11 is 0. The predicted molar refractivity (Wildman–Crippen MR) is 113 cm³/mol. The Kier molecular flexibility index (Phi) is 5.10. The first-order valence-electron chi connectivity index (χ1n) is 8.90. The molecule has 0 radical (unpaired) electrons. The van der Waals surface area contributed by atoms with E-state index >= 15 is 0 Å². The zero-order valence-electron chi connectivity index (χ0n) is 15.8. The van der Waals surface area contributed by atoms with Crippen molar-refractivity contribution in [3.05, 3.63) is 103 Å². The molecule has 1 aliphatic heterocycles. The lowest BCUT2D eigenvalue weighted by Crippen LogP contribution is -2.51. The number of benzene rings is 2. The molecule has 1 heterocycles. The van der Waals surface area contributed by atoms with E-state index in [4.69, 9.17) is 0 Å². The summed E-state index contributed by atoms with van der Waals surface area (Å²) in [5.74, 6) is 0. The van der Waals surface area contributed by atoms with Crippen LogP contribution in [-0.2, 0) is 5.28 Å². The van der Waals surface area contributed by atoms with Gasteiger partial charge in [0.1, 0.15) is 11.4 Å². The first-order valence-corrected chi connectivity index (χ1v) is 9.48. The standard InChI is InChI=1S/C23H27N2P/c1-5-12-21-24(22(2,3)4)17-18-25(21)23(26,19-13-8-6-9-14-19)20-15-10-7-11-16-20/h6-18,21H,1,26H2,2-4H3. The van der Waals surface area contributed by atoms with Crippen molar-refractivity contribution in [3.8, 4) is 0 Å². The Morgan fingerprint density at radius 2 is 1.35 bits per heavy atom. The van der Waals surface area contributed by atoms with E-state index in [1.54, 1.807) is 0 Å². The lowest BCUT2D eigenvalue weighted by atomic mass is 9.95. The van der Waals surface area contributed by atoms with E-state index < -0.39 is 5.28 Å². The lowest BCUT2D eigenvalue weighted by molar-refractivity contribution is 0.0859. The van der Waals surface area contributed by atoms with Crippen LogP contribution in [0.5, 0.6) is 0 Å². The minimum atomic E-state index is -0.392. The van der Waals surface area contributed by atoms with E-state index in [1.165, 1.54) is 11.1 Å². The Bertz CT molecular complexity index is 775. The van der Waals surface area contributed by atoms with Crippen LogP contribution < -0.4 is 0 Å². The van der Waals surface area contributed by atoms with Crippen molar-refractivity contribution in [2.24, 2.45) is 0 Å². The van der Waals surface area contributed by atoms with Gasteiger partial charge in [0.2, 0.25) is 0 Å². The highest BCUT2D eigenvalue weighted by molar-refractivity contribution is 7.18. The van der Waals surface area contributed by atoms with E-state index in [0.717, 1.165) is 0 Å². The molecule has 2 aromatic carbocycles. The highest BCUT2D eigenvalue weighted by atomic mass is 31.0. The molecule has 0 saturated heterocycles. The molecule has 0 spiro atoms. The molecule has 3 heteroatoms. The van der Waals surface area contributed by atoms with E-state index in [1.807, 2.05) is 6.08 Å². The van der Waals surface area contributed by atoms with Crippen molar-refractivity contribution < 1.29 is 0 Å². The van der Waals surface area contributed by atoms with Crippen molar-refractivity contribution in [1.82, 2.24) is 9.80 Å². The van der Waals surface area contributed by atoms with Gasteiger partial charge in [0, 0.05) is 17.9 Å². The van der Waals surface area contributed by atoms with Crippen molar-refractivity contribution in [3.63, 3.8) is 0 Å². The number of nitrogens with zero attached hydrogens (tertiary/aromatic N) is 2. The molecule has 0 aliphatic carbocycles. The molecule has 0 aromatic heterocycles. The van der Waals surface area contributed by atoms with E-state index in [0.29, 0.717) is 0 Å². The van der Waals surface area contributed by atoms with Crippen molar-refractivity contribution in [1.29, 1.82) is 0 Å². The Balaban J connectivity index is 2.17. The third-order valence-corrected chi connectivity index (χ3v) is 5.80. The third kappa shape index (κ3) is 3.23. The maximum atomic E-state index is 3.83.